The van der Waals surface area contributed by atoms with E-state index >= 15 is 0 Å². The van der Waals surface area contributed by atoms with E-state index in [9.17, 15) is 18.0 Å². The average molecular weight is 367 g/mol. The zero-order valence-corrected chi connectivity index (χ0v) is 14.7. The molecule has 0 aliphatic heterocycles. The van der Waals surface area contributed by atoms with Crippen molar-refractivity contribution >= 4 is 11.6 Å². The van der Waals surface area contributed by atoms with Gasteiger partial charge in [-0.1, -0.05) is 0 Å². The molecule has 0 aliphatic carbocycles. The number of quaternary nitrogens is 1. The fourth-order valence-electron chi connectivity index (χ4n) is 2.50. The number of rotatable bonds is 7. The van der Waals surface area contributed by atoms with Crippen LogP contribution in [0, 0.1) is 0 Å². The number of likely N-dealkylation sites (N-methyl/N-ethyl adjacent to an activating group) is 1. The summed E-state index contributed by atoms with van der Waals surface area (Å²) in [6.45, 7) is 3.37. The normalized spacial score (nSPS) is 12.5. The summed E-state index contributed by atoms with van der Waals surface area (Å²) in [5.74, 6) is 0.544. The van der Waals surface area contributed by atoms with E-state index in [0.717, 1.165) is 28.3 Å². The Hall–Kier alpha value is -2.54. The zero-order valence-electron chi connectivity index (χ0n) is 14.7. The van der Waals surface area contributed by atoms with Crippen LogP contribution in [0.4, 0.5) is 18.9 Å². The van der Waals surface area contributed by atoms with Crippen molar-refractivity contribution in [1.29, 1.82) is 0 Å². The largest absolute Gasteiger partial charge is 0.494 e. The Morgan fingerprint density at radius 1 is 1.08 bits per heavy atom. The monoisotopic (exact) mass is 367 g/mol. The Balaban J connectivity index is 1.84. The number of ether oxygens (including phenoxy) is 1. The van der Waals surface area contributed by atoms with Gasteiger partial charge in [0.05, 0.1) is 19.2 Å². The fraction of sp³-hybridized carbons (Fsp3) is 0.316. The van der Waals surface area contributed by atoms with Gasteiger partial charge in [0.1, 0.15) is 12.3 Å². The second-order valence-electron chi connectivity index (χ2n) is 6.01. The smallest absolute Gasteiger partial charge is 0.416 e. The van der Waals surface area contributed by atoms with Crippen LogP contribution in [0.5, 0.6) is 5.75 Å². The van der Waals surface area contributed by atoms with Crippen molar-refractivity contribution in [3.63, 3.8) is 0 Å². The lowest BCUT2D eigenvalue weighted by Crippen LogP contribution is -3.08. The molecule has 2 rings (SSSR count). The van der Waals surface area contributed by atoms with Gasteiger partial charge in [-0.15, -0.1) is 0 Å². The SMILES string of the molecule is CCOc1ccc(C[NH+](C)CC(=O)Nc2ccc(C(F)(F)F)cc2)cc1. The van der Waals surface area contributed by atoms with E-state index < -0.39 is 11.7 Å². The molecule has 7 heteroatoms. The van der Waals surface area contributed by atoms with E-state index in [1.165, 1.54) is 12.1 Å². The summed E-state index contributed by atoms with van der Waals surface area (Å²) in [6.07, 6.45) is -4.38. The van der Waals surface area contributed by atoms with Gasteiger partial charge in [0.2, 0.25) is 0 Å². The first-order valence-electron chi connectivity index (χ1n) is 8.28. The Labute approximate surface area is 150 Å². The molecule has 1 amide bonds. The third kappa shape index (κ3) is 6.07. The van der Waals surface area contributed by atoms with Gasteiger partial charge in [-0.25, -0.2) is 0 Å². The molecule has 140 valence electrons. The standard InChI is InChI=1S/C19H21F3N2O2/c1-3-26-17-10-4-14(5-11-17)12-24(2)13-18(25)23-16-8-6-15(7-9-16)19(20,21)22/h4-11H,3,12-13H2,1-2H3,(H,23,25)/p+1. The van der Waals surface area contributed by atoms with Crippen molar-refractivity contribution in [2.75, 3.05) is 25.5 Å². The number of carbonyl (C=O) groups is 1. The van der Waals surface area contributed by atoms with Gasteiger partial charge in [-0.3, -0.25) is 4.79 Å². The molecule has 26 heavy (non-hydrogen) atoms. The van der Waals surface area contributed by atoms with Crippen LogP contribution in [0.3, 0.4) is 0 Å². The number of benzene rings is 2. The topological polar surface area (TPSA) is 42.8 Å². The maximum Gasteiger partial charge on any atom is 0.416 e. The van der Waals surface area contributed by atoms with Gasteiger partial charge >= 0.3 is 6.18 Å². The molecule has 2 aromatic rings. The van der Waals surface area contributed by atoms with Crippen LogP contribution in [0.2, 0.25) is 0 Å². The zero-order chi connectivity index (χ0) is 19.2. The summed E-state index contributed by atoms with van der Waals surface area (Å²) < 4.78 is 43.0. The number of hydrogen-bond acceptors (Lipinski definition) is 2. The van der Waals surface area contributed by atoms with E-state index in [4.69, 9.17) is 4.74 Å². The summed E-state index contributed by atoms with van der Waals surface area (Å²) in [7, 11) is 1.88. The molecule has 2 aromatic carbocycles. The second kappa shape index (κ2) is 8.71. The van der Waals surface area contributed by atoms with Crippen LogP contribution >= 0.6 is 0 Å². The minimum atomic E-state index is -4.38. The molecule has 0 radical (unpaired) electrons. The number of anilines is 1. The maximum absolute atomic E-state index is 12.5. The molecule has 0 heterocycles. The van der Waals surface area contributed by atoms with Gasteiger partial charge in [-0.2, -0.15) is 13.2 Å². The molecule has 1 atom stereocenters. The maximum atomic E-state index is 12.5. The molecule has 2 N–H and O–H groups in total. The number of amides is 1. The summed E-state index contributed by atoms with van der Waals surface area (Å²) in [5.41, 5.74) is 0.666. The van der Waals surface area contributed by atoms with E-state index in [1.54, 1.807) is 0 Å². The third-order valence-electron chi connectivity index (χ3n) is 3.70. The molecule has 0 aliphatic rings. The van der Waals surface area contributed by atoms with Crippen LogP contribution in [-0.4, -0.2) is 26.1 Å². The molecule has 0 saturated carbocycles. The average Bonchev–Trinajstić information content (AvgIpc) is 2.56. The minimum Gasteiger partial charge on any atom is -0.494 e. The molecule has 4 nitrogen and oxygen atoms in total. The van der Waals surface area contributed by atoms with Crippen molar-refractivity contribution in [3.8, 4) is 5.75 Å². The first-order chi connectivity index (χ1) is 12.3. The van der Waals surface area contributed by atoms with Gasteiger partial charge in [0.15, 0.2) is 6.54 Å². The van der Waals surface area contributed by atoms with Crippen molar-refractivity contribution in [2.45, 2.75) is 19.6 Å². The number of carbonyl (C=O) groups excluding carboxylic acids is 1. The second-order valence-corrected chi connectivity index (χ2v) is 6.01. The highest BCUT2D eigenvalue weighted by Gasteiger charge is 2.30. The number of hydrogen-bond donors (Lipinski definition) is 2. The van der Waals surface area contributed by atoms with Crippen LogP contribution in [0.25, 0.3) is 0 Å². The summed E-state index contributed by atoms with van der Waals surface area (Å²) in [6, 6.07) is 12.1. The molecular formula is C19H22F3N2O2+. The van der Waals surface area contributed by atoms with Crippen LogP contribution in [0.1, 0.15) is 18.1 Å². The third-order valence-corrected chi connectivity index (χ3v) is 3.70. The van der Waals surface area contributed by atoms with Gasteiger partial charge in [0, 0.05) is 11.3 Å². The van der Waals surface area contributed by atoms with Gasteiger partial charge in [0.25, 0.3) is 5.91 Å². The van der Waals surface area contributed by atoms with Gasteiger partial charge < -0.3 is 15.0 Å². The first-order valence-corrected chi connectivity index (χ1v) is 8.28. The van der Waals surface area contributed by atoms with E-state index in [-0.39, 0.29) is 12.5 Å². The fourth-order valence-corrected chi connectivity index (χ4v) is 2.50. The lowest BCUT2D eigenvalue weighted by Gasteiger charge is -2.14. The predicted octanol–water partition coefficient (Wildman–Crippen LogP) is 2.76. The van der Waals surface area contributed by atoms with Crippen LogP contribution < -0.4 is 15.0 Å². The van der Waals surface area contributed by atoms with Crippen molar-refractivity contribution < 1.29 is 27.6 Å². The van der Waals surface area contributed by atoms with Crippen molar-refractivity contribution in [1.82, 2.24) is 0 Å². The van der Waals surface area contributed by atoms with E-state index in [2.05, 4.69) is 5.32 Å². The first kappa shape index (κ1) is 19.8. The molecule has 0 aromatic heterocycles. The summed E-state index contributed by atoms with van der Waals surface area (Å²) in [5, 5.41) is 2.62. The number of nitrogens with one attached hydrogen (secondary N) is 2. The van der Waals surface area contributed by atoms with Crippen molar-refractivity contribution in [3.05, 3.63) is 59.7 Å². The highest BCUT2D eigenvalue weighted by molar-refractivity contribution is 5.91. The van der Waals surface area contributed by atoms with Gasteiger partial charge in [-0.05, 0) is 55.5 Å². The molecule has 0 fully saturated rings. The highest BCUT2D eigenvalue weighted by Crippen LogP contribution is 2.29. The Morgan fingerprint density at radius 2 is 1.69 bits per heavy atom. The summed E-state index contributed by atoms with van der Waals surface area (Å²) >= 11 is 0. The molecular weight excluding hydrogens is 345 g/mol. The van der Waals surface area contributed by atoms with Crippen LogP contribution in [0.15, 0.2) is 48.5 Å². The lowest BCUT2D eigenvalue weighted by molar-refractivity contribution is -0.885. The summed E-state index contributed by atoms with van der Waals surface area (Å²) in [4.78, 5) is 13.0. The highest BCUT2D eigenvalue weighted by atomic mass is 19.4. The Bertz CT molecular complexity index is 713. The Morgan fingerprint density at radius 3 is 2.23 bits per heavy atom. The minimum absolute atomic E-state index is 0.203. The van der Waals surface area contributed by atoms with E-state index in [1.807, 2.05) is 38.2 Å². The number of alkyl halides is 3. The van der Waals surface area contributed by atoms with Crippen molar-refractivity contribution in [2.24, 2.45) is 0 Å². The number of halogens is 3. The molecule has 0 bridgehead atoms. The van der Waals surface area contributed by atoms with E-state index in [0.29, 0.717) is 18.8 Å². The van der Waals surface area contributed by atoms with Crippen LogP contribution in [-0.2, 0) is 17.5 Å². The predicted molar refractivity (Wildman–Crippen MR) is 93.1 cm³/mol. The quantitative estimate of drug-likeness (QED) is 0.790. The molecule has 1 unspecified atom stereocenters. The molecule has 0 saturated heterocycles. The molecule has 0 spiro atoms. The Kier molecular flexibility index (Phi) is 6.63. The lowest BCUT2D eigenvalue weighted by atomic mass is 10.2.